The fourth-order valence-electron chi connectivity index (χ4n) is 3.55. The Kier molecular flexibility index (Phi) is 5.03. The van der Waals surface area contributed by atoms with Crippen LogP contribution in [0.4, 0.5) is 0 Å². The highest BCUT2D eigenvalue weighted by Gasteiger charge is 2.27. The summed E-state index contributed by atoms with van der Waals surface area (Å²) in [5.74, 6) is -0.147. The predicted octanol–water partition coefficient (Wildman–Crippen LogP) is 4.55. The molecular weight excluding hydrogens is 310 g/mol. The molecule has 1 amide bonds. The van der Waals surface area contributed by atoms with Crippen LogP contribution >= 0.6 is 0 Å². The fraction of sp³-hybridized carbons (Fsp3) is 0.364. The number of benzene rings is 2. The topological polar surface area (TPSA) is 37.4 Å². The molecule has 0 spiro atoms. The molecule has 0 unspecified atom stereocenters. The molecule has 1 saturated carbocycles. The van der Waals surface area contributed by atoms with Crippen molar-refractivity contribution < 1.29 is 9.59 Å². The molecule has 0 aliphatic heterocycles. The van der Waals surface area contributed by atoms with Crippen molar-refractivity contribution in [2.45, 2.75) is 45.6 Å². The first-order valence-electron chi connectivity index (χ1n) is 8.97. The maximum atomic E-state index is 13.0. The number of nitrogens with zero attached hydrogens (tertiary/aromatic N) is 1. The highest BCUT2D eigenvalue weighted by Crippen LogP contribution is 2.25. The largest absolute Gasteiger partial charge is 0.339 e. The van der Waals surface area contributed by atoms with E-state index in [0.717, 1.165) is 24.0 Å². The van der Waals surface area contributed by atoms with Gasteiger partial charge in [0.2, 0.25) is 0 Å². The highest BCUT2D eigenvalue weighted by atomic mass is 16.2. The van der Waals surface area contributed by atoms with Crippen molar-refractivity contribution in [2.24, 2.45) is 0 Å². The van der Waals surface area contributed by atoms with Gasteiger partial charge in [0.25, 0.3) is 5.91 Å². The minimum atomic E-state index is -0.0909. The summed E-state index contributed by atoms with van der Waals surface area (Å²) in [5, 5.41) is 0. The summed E-state index contributed by atoms with van der Waals surface area (Å²) in [7, 11) is 1.86. The second-order valence-corrected chi connectivity index (χ2v) is 7.03. The molecule has 0 bridgehead atoms. The molecule has 25 heavy (non-hydrogen) atoms. The highest BCUT2D eigenvalue weighted by molar-refractivity contribution is 6.15. The van der Waals surface area contributed by atoms with Gasteiger partial charge in [-0.1, -0.05) is 43.2 Å². The van der Waals surface area contributed by atoms with E-state index in [0.29, 0.717) is 16.7 Å². The van der Waals surface area contributed by atoms with Gasteiger partial charge in [-0.15, -0.1) is 0 Å². The minimum Gasteiger partial charge on any atom is -0.339 e. The molecule has 1 aliphatic rings. The van der Waals surface area contributed by atoms with E-state index in [1.165, 1.54) is 12.8 Å². The lowest BCUT2D eigenvalue weighted by Crippen LogP contribution is -2.36. The lowest BCUT2D eigenvalue weighted by Gasteiger charge is -2.25. The van der Waals surface area contributed by atoms with Crippen LogP contribution in [-0.4, -0.2) is 29.7 Å². The van der Waals surface area contributed by atoms with E-state index in [1.807, 2.05) is 56.1 Å². The Balaban J connectivity index is 1.93. The van der Waals surface area contributed by atoms with Crippen LogP contribution in [0.5, 0.6) is 0 Å². The third kappa shape index (κ3) is 3.51. The Morgan fingerprint density at radius 3 is 2.20 bits per heavy atom. The van der Waals surface area contributed by atoms with Crippen LogP contribution in [0.2, 0.25) is 0 Å². The van der Waals surface area contributed by atoms with Crippen LogP contribution in [0.1, 0.15) is 63.1 Å². The molecule has 3 heteroatoms. The van der Waals surface area contributed by atoms with E-state index in [9.17, 15) is 9.59 Å². The molecule has 1 fully saturated rings. The molecule has 3 rings (SSSR count). The van der Waals surface area contributed by atoms with Crippen LogP contribution in [0.25, 0.3) is 0 Å². The molecule has 1 aliphatic carbocycles. The number of ketones is 1. The monoisotopic (exact) mass is 335 g/mol. The number of hydrogen-bond acceptors (Lipinski definition) is 2. The van der Waals surface area contributed by atoms with Gasteiger partial charge < -0.3 is 4.90 Å². The van der Waals surface area contributed by atoms with Crippen LogP contribution in [0, 0.1) is 13.8 Å². The zero-order valence-corrected chi connectivity index (χ0v) is 15.2. The zero-order valence-electron chi connectivity index (χ0n) is 15.2. The standard InChI is InChI=1S/C22H25NO2/c1-15-12-13-17(14-16(15)2)21(24)19-10-6-7-11-20(19)22(25)23(3)18-8-4-5-9-18/h6-7,10-14,18H,4-5,8-9H2,1-3H3. The molecule has 0 atom stereocenters. The number of amides is 1. The summed E-state index contributed by atoms with van der Waals surface area (Å²) in [6, 6.07) is 13.2. The molecule has 2 aromatic rings. The number of rotatable bonds is 4. The Labute approximate surface area is 149 Å². The van der Waals surface area contributed by atoms with Gasteiger partial charge in [-0.3, -0.25) is 9.59 Å². The van der Waals surface area contributed by atoms with Gasteiger partial charge in [0.1, 0.15) is 0 Å². The Morgan fingerprint density at radius 2 is 1.56 bits per heavy atom. The second-order valence-electron chi connectivity index (χ2n) is 7.03. The maximum absolute atomic E-state index is 13.0. The molecular formula is C22H25NO2. The average Bonchev–Trinajstić information content (AvgIpc) is 3.17. The first-order chi connectivity index (χ1) is 12.0. The van der Waals surface area contributed by atoms with Crippen LogP contribution in [-0.2, 0) is 0 Å². The summed E-state index contributed by atoms with van der Waals surface area (Å²) < 4.78 is 0. The summed E-state index contributed by atoms with van der Waals surface area (Å²) in [6.45, 7) is 4.02. The van der Waals surface area contributed by atoms with Crippen molar-refractivity contribution in [1.82, 2.24) is 4.90 Å². The van der Waals surface area contributed by atoms with E-state index >= 15 is 0 Å². The van der Waals surface area contributed by atoms with Gasteiger partial charge in [0.05, 0.1) is 5.56 Å². The average molecular weight is 335 g/mol. The molecule has 2 aromatic carbocycles. The number of carbonyl (C=O) groups excluding carboxylic acids is 2. The van der Waals surface area contributed by atoms with E-state index in [1.54, 1.807) is 12.1 Å². The summed E-state index contributed by atoms with van der Waals surface area (Å²) in [6.07, 6.45) is 4.45. The molecule has 0 saturated heterocycles. The van der Waals surface area contributed by atoms with Crippen LogP contribution in [0.15, 0.2) is 42.5 Å². The van der Waals surface area contributed by atoms with Crippen LogP contribution in [0.3, 0.4) is 0 Å². The molecule has 130 valence electrons. The van der Waals surface area contributed by atoms with Crippen molar-refractivity contribution in [3.63, 3.8) is 0 Å². The zero-order chi connectivity index (χ0) is 18.0. The molecule has 3 nitrogen and oxygen atoms in total. The SMILES string of the molecule is Cc1ccc(C(=O)c2ccccc2C(=O)N(C)C2CCCC2)cc1C. The summed E-state index contributed by atoms with van der Waals surface area (Å²) >= 11 is 0. The third-order valence-corrected chi connectivity index (χ3v) is 5.36. The molecule has 0 heterocycles. The summed E-state index contributed by atoms with van der Waals surface area (Å²) in [5.41, 5.74) is 3.85. The van der Waals surface area contributed by atoms with Gasteiger partial charge in [-0.05, 0) is 49.9 Å². The lowest BCUT2D eigenvalue weighted by atomic mass is 9.95. The van der Waals surface area contributed by atoms with Crippen molar-refractivity contribution in [3.05, 3.63) is 70.3 Å². The molecule has 0 N–H and O–H groups in total. The van der Waals surface area contributed by atoms with E-state index < -0.39 is 0 Å². The van der Waals surface area contributed by atoms with E-state index in [4.69, 9.17) is 0 Å². The Hall–Kier alpha value is -2.42. The Bertz CT molecular complexity index is 803. The molecule has 0 radical (unpaired) electrons. The van der Waals surface area contributed by atoms with Crippen molar-refractivity contribution >= 4 is 11.7 Å². The maximum Gasteiger partial charge on any atom is 0.254 e. The smallest absolute Gasteiger partial charge is 0.254 e. The van der Waals surface area contributed by atoms with Gasteiger partial charge in [-0.25, -0.2) is 0 Å². The molecule has 0 aromatic heterocycles. The third-order valence-electron chi connectivity index (χ3n) is 5.36. The van der Waals surface area contributed by atoms with Gasteiger partial charge >= 0.3 is 0 Å². The predicted molar refractivity (Wildman–Crippen MR) is 100 cm³/mol. The Morgan fingerprint density at radius 1 is 0.920 bits per heavy atom. The van der Waals surface area contributed by atoms with E-state index in [-0.39, 0.29) is 17.7 Å². The number of aryl methyl sites for hydroxylation is 2. The first kappa shape index (κ1) is 17.4. The van der Waals surface area contributed by atoms with Gasteiger partial charge in [-0.2, -0.15) is 0 Å². The van der Waals surface area contributed by atoms with Crippen molar-refractivity contribution in [3.8, 4) is 0 Å². The van der Waals surface area contributed by atoms with Crippen LogP contribution < -0.4 is 0 Å². The second kappa shape index (κ2) is 7.22. The number of carbonyl (C=O) groups is 2. The van der Waals surface area contributed by atoms with Crippen molar-refractivity contribution in [2.75, 3.05) is 7.05 Å². The number of hydrogen-bond donors (Lipinski definition) is 0. The summed E-state index contributed by atoms with van der Waals surface area (Å²) in [4.78, 5) is 27.8. The van der Waals surface area contributed by atoms with Crippen molar-refractivity contribution in [1.29, 1.82) is 0 Å². The lowest BCUT2D eigenvalue weighted by molar-refractivity contribution is 0.0731. The van der Waals surface area contributed by atoms with Gasteiger partial charge in [0, 0.05) is 24.2 Å². The normalized spacial score (nSPS) is 14.5. The minimum absolute atomic E-state index is 0.0558. The van der Waals surface area contributed by atoms with E-state index in [2.05, 4.69) is 0 Å². The fourth-order valence-corrected chi connectivity index (χ4v) is 3.55. The van der Waals surface area contributed by atoms with Gasteiger partial charge in [0.15, 0.2) is 5.78 Å². The first-order valence-corrected chi connectivity index (χ1v) is 8.97. The quantitative estimate of drug-likeness (QED) is 0.769.